The summed E-state index contributed by atoms with van der Waals surface area (Å²) in [6, 6.07) is 6.37. The average molecular weight is 206 g/mol. The predicted octanol–water partition coefficient (Wildman–Crippen LogP) is 2.46. The van der Waals surface area contributed by atoms with Gasteiger partial charge in [-0.05, 0) is 24.6 Å². The summed E-state index contributed by atoms with van der Waals surface area (Å²) >= 11 is 0. The maximum absolute atomic E-state index is 10.7. The van der Waals surface area contributed by atoms with Gasteiger partial charge in [-0.2, -0.15) is 0 Å². The molecule has 0 aliphatic heterocycles. The minimum absolute atomic E-state index is 0.0307. The third kappa shape index (κ3) is 2.91. The molecule has 1 aromatic carbocycles. The molecule has 0 bridgehead atoms. The highest BCUT2D eigenvalue weighted by molar-refractivity contribution is 5.85. The van der Waals surface area contributed by atoms with E-state index in [0.717, 1.165) is 0 Å². The van der Waals surface area contributed by atoms with Gasteiger partial charge in [0.05, 0.1) is 16.7 Å². The van der Waals surface area contributed by atoms with E-state index in [9.17, 15) is 10.1 Å². The largest absolute Gasteiger partial charge is 0.411 e. The van der Waals surface area contributed by atoms with Crippen LogP contribution in [0.2, 0.25) is 0 Å². The van der Waals surface area contributed by atoms with E-state index in [1.54, 1.807) is 31.2 Å². The van der Waals surface area contributed by atoms with Crippen LogP contribution in [0, 0.1) is 10.1 Å². The second-order valence-corrected chi connectivity index (χ2v) is 2.95. The lowest BCUT2D eigenvalue weighted by molar-refractivity contribution is -0.385. The van der Waals surface area contributed by atoms with Gasteiger partial charge < -0.3 is 5.21 Å². The Balaban J connectivity index is 3.14. The summed E-state index contributed by atoms with van der Waals surface area (Å²) in [4.78, 5) is 10.2. The summed E-state index contributed by atoms with van der Waals surface area (Å²) in [5.41, 5.74) is 1.15. The van der Waals surface area contributed by atoms with Crippen molar-refractivity contribution >= 4 is 18.0 Å². The summed E-state index contributed by atoms with van der Waals surface area (Å²) in [5, 5.41) is 21.8. The number of hydrogen-bond acceptors (Lipinski definition) is 4. The minimum Gasteiger partial charge on any atom is -0.411 e. The minimum atomic E-state index is -0.449. The molecule has 0 aromatic heterocycles. The number of para-hydroxylation sites is 1. The van der Waals surface area contributed by atoms with Crippen molar-refractivity contribution in [2.24, 2.45) is 5.16 Å². The molecule has 1 rings (SSSR count). The van der Waals surface area contributed by atoms with E-state index in [1.807, 2.05) is 0 Å². The summed E-state index contributed by atoms with van der Waals surface area (Å²) in [5.74, 6) is 0. The van der Waals surface area contributed by atoms with Crippen molar-refractivity contribution in [3.63, 3.8) is 0 Å². The molecule has 0 amide bonds. The molecule has 0 unspecified atom stereocenters. The quantitative estimate of drug-likeness (QED) is 0.357. The SMILES string of the molecule is CC(C=NO)=Cc1ccccc1[N+](=O)[O-]. The second kappa shape index (κ2) is 4.90. The van der Waals surface area contributed by atoms with Gasteiger partial charge in [-0.3, -0.25) is 10.1 Å². The fraction of sp³-hybridized carbons (Fsp3) is 0.100. The van der Waals surface area contributed by atoms with E-state index in [4.69, 9.17) is 5.21 Å². The highest BCUT2D eigenvalue weighted by Gasteiger charge is 2.09. The van der Waals surface area contributed by atoms with E-state index < -0.39 is 4.92 Å². The molecular weight excluding hydrogens is 196 g/mol. The number of hydrogen-bond donors (Lipinski definition) is 1. The van der Waals surface area contributed by atoms with Gasteiger partial charge in [0.15, 0.2) is 0 Å². The molecule has 0 fully saturated rings. The zero-order chi connectivity index (χ0) is 11.3. The Morgan fingerprint density at radius 1 is 1.53 bits per heavy atom. The number of nitro groups is 1. The molecule has 5 nitrogen and oxygen atoms in total. The topological polar surface area (TPSA) is 75.7 Å². The van der Waals surface area contributed by atoms with Gasteiger partial charge in [0.2, 0.25) is 0 Å². The molecule has 1 aromatic rings. The van der Waals surface area contributed by atoms with Crippen molar-refractivity contribution in [3.05, 3.63) is 45.5 Å². The lowest BCUT2D eigenvalue weighted by Gasteiger charge is -1.97. The van der Waals surface area contributed by atoms with Crippen LogP contribution in [0.25, 0.3) is 6.08 Å². The van der Waals surface area contributed by atoms with Gasteiger partial charge >= 0.3 is 0 Å². The molecule has 1 N–H and O–H groups in total. The van der Waals surface area contributed by atoms with Gasteiger partial charge in [-0.1, -0.05) is 17.3 Å². The van der Waals surface area contributed by atoms with Crippen molar-refractivity contribution in [2.75, 3.05) is 0 Å². The van der Waals surface area contributed by atoms with Crippen molar-refractivity contribution < 1.29 is 10.1 Å². The fourth-order valence-corrected chi connectivity index (χ4v) is 1.15. The van der Waals surface area contributed by atoms with Crippen LogP contribution < -0.4 is 0 Å². The Labute approximate surface area is 86.5 Å². The molecular formula is C10H10N2O3. The standard InChI is InChI=1S/C10H10N2O3/c1-8(7-11-13)6-9-4-2-3-5-10(9)12(14)15/h2-7,13H,1H3. The number of nitrogens with zero attached hydrogens (tertiary/aromatic N) is 2. The summed E-state index contributed by atoms with van der Waals surface area (Å²) in [6.45, 7) is 1.69. The first-order valence-corrected chi connectivity index (χ1v) is 4.24. The fourth-order valence-electron chi connectivity index (χ4n) is 1.15. The van der Waals surface area contributed by atoms with E-state index in [1.165, 1.54) is 12.3 Å². The van der Waals surface area contributed by atoms with Crippen LogP contribution in [-0.4, -0.2) is 16.3 Å². The monoisotopic (exact) mass is 206 g/mol. The van der Waals surface area contributed by atoms with Gasteiger partial charge in [-0.15, -0.1) is 0 Å². The third-order valence-electron chi connectivity index (χ3n) is 1.78. The van der Waals surface area contributed by atoms with E-state index in [0.29, 0.717) is 11.1 Å². The summed E-state index contributed by atoms with van der Waals surface area (Å²) in [6.07, 6.45) is 2.80. The smallest absolute Gasteiger partial charge is 0.276 e. The molecule has 15 heavy (non-hydrogen) atoms. The lowest BCUT2D eigenvalue weighted by atomic mass is 10.1. The second-order valence-electron chi connectivity index (χ2n) is 2.95. The van der Waals surface area contributed by atoms with Crippen molar-refractivity contribution in [2.45, 2.75) is 6.92 Å². The number of rotatable bonds is 3. The number of nitro benzene ring substituents is 1. The highest BCUT2D eigenvalue weighted by Crippen LogP contribution is 2.19. The first-order chi connectivity index (χ1) is 7.15. The van der Waals surface area contributed by atoms with Gasteiger partial charge in [0.25, 0.3) is 5.69 Å². The zero-order valence-electron chi connectivity index (χ0n) is 8.12. The molecule has 0 spiro atoms. The van der Waals surface area contributed by atoms with E-state index in [2.05, 4.69) is 5.16 Å². The molecule has 0 atom stereocenters. The number of allylic oxidation sites excluding steroid dienone is 1. The molecule has 78 valence electrons. The predicted molar refractivity (Wildman–Crippen MR) is 57.0 cm³/mol. The van der Waals surface area contributed by atoms with Crippen LogP contribution >= 0.6 is 0 Å². The molecule has 0 radical (unpaired) electrons. The number of oxime groups is 1. The van der Waals surface area contributed by atoms with E-state index in [-0.39, 0.29) is 5.69 Å². The maximum Gasteiger partial charge on any atom is 0.276 e. The van der Waals surface area contributed by atoms with Crippen LogP contribution in [0.5, 0.6) is 0 Å². The highest BCUT2D eigenvalue weighted by atomic mass is 16.6. The first-order valence-electron chi connectivity index (χ1n) is 4.24. The van der Waals surface area contributed by atoms with Crippen molar-refractivity contribution in [1.82, 2.24) is 0 Å². The van der Waals surface area contributed by atoms with Crippen LogP contribution in [0.15, 0.2) is 35.0 Å². The Bertz CT molecular complexity index is 424. The Morgan fingerprint density at radius 2 is 2.20 bits per heavy atom. The normalized spacial score (nSPS) is 11.9. The Morgan fingerprint density at radius 3 is 2.80 bits per heavy atom. The van der Waals surface area contributed by atoms with Crippen LogP contribution in [0.3, 0.4) is 0 Å². The number of benzene rings is 1. The molecule has 0 aliphatic rings. The third-order valence-corrected chi connectivity index (χ3v) is 1.78. The van der Waals surface area contributed by atoms with Crippen LogP contribution in [0.1, 0.15) is 12.5 Å². The van der Waals surface area contributed by atoms with Gasteiger partial charge in [-0.25, -0.2) is 0 Å². The van der Waals surface area contributed by atoms with Gasteiger partial charge in [0, 0.05) is 6.07 Å². The summed E-state index contributed by atoms with van der Waals surface area (Å²) < 4.78 is 0. The Kier molecular flexibility index (Phi) is 3.56. The van der Waals surface area contributed by atoms with Gasteiger partial charge in [0.1, 0.15) is 0 Å². The zero-order valence-corrected chi connectivity index (χ0v) is 8.12. The average Bonchev–Trinajstić information content (AvgIpc) is 2.18. The molecule has 0 aliphatic carbocycles. The Hall–Kier alpha value is -2.17. The van der Waals surface area contributed by atoms with E-state index >= 15 is 0 Å². The van der Waals surface area contributed by atoms with Crippen LogP contribution in [0.4, 0.5) is 5.69 Å². The maximum atomic E-state index is 10.7. The molecule has 5 heteroatoms. The molecule has 0 heterocycles. The summed E-state index contributed by atoms with van der Waals surface area (Å²) in [7, 11) is 0. The lowest BCUT2D eigenvalue weighted by Crippen LogP contribution is -1.91. The van der Waals surface area contributed by atoms with Crippen molar-refractivity contribution in [3.8, 4) is 0 Å². The molecule has 0 saturated carbocycles. The first kappa shape index (κ1) is 10.9. The molecule has 0 saturated heterocycles. The van der Waals surface area contributed by atoms with Crippen molar-refractivity contribution in [1.29, 1.82) is 0 Å². The van der Waals surface area contributed by atoms with Crippen LogP contribution in [-0.2, 0) is 0 Å².